The first-order valence-corrected chi connectivity index (χ1v) is 8.39. The third kappa shape index (κ3) is 5.21. The molecule has 2 aromatic carbocycles. The summed E-state index contributed by atoms with van der Waals surface area (Å²) in [5.41, 5.74) is 0.390. The maximum absolute atomic E-state index is 12.7. The summed E-state index contributed by atoms with van der Waals surface area (Å²) in [5, 5.41) is 6.84. The van der Waals surface area contributed by atoms with Crippen LogP contribution >= 0.6 is 0 Å². The SMILES string of the molecule is FC(F)(F)c1cccc(Oc2ccc(CNCC3CCCN3)cc2)c1. The Balaban J connectivity index is 1.53. The van der Waals surface area contributed by atoms with Crippen molar-refractivity contribution in [2.75, 3.05) is 13.1 Å². The van der Waals surface area contributed by atoms with Crippen LogP contribution in [-0.2, 0) is 12.7 Å². The maximum Gasteiger partial charge on any atom is 0.416 e. The van der Waals surface area contributed by atoms with Crippen LogP contribution in [0, 0.1) is 0 Å². The number of ether oxygens (including phenoxy) is 1. The molecule has 2 N–H and O–H groups in total. The molecule has 0 saturated carbocycles. The van der Waals surface area contributed by atoms with Gasteiger partial charge in [0.2, 0.25) is 0 Å². The van der Waals surface area contributed by atoms with E-state index in [0.717, 1.165) is 37.3 Å². The van der Waals surface area contributed by atoms with Gasteiger partial charge in [-0.05, 0) is 55.3 Å². The lowest BCUT2D eigenvalue weighted by Gasteiger charge is -2.12. The molecule has 0 spiro atoms. The quantitative estimate of drug-likeness (QED) is 0.813. The van der Waals surface area contributed by atoms with E-state index in [-0.39, 0.29) is 5.75 Å². The van der Waals surface area contributed by atoms with Gasteiger partial charge in [-0.2, -0.15) is 13.2 Å². The van der Waals surface area contributed by atoms with E-state index in [9.17, 15) is 13.2 Å². The van der Waals surface area contributed by atoms with Crippen molar-refractivity contribution in [2.24, 2.45) is 0 Å². The van der Waals surface area contributed by atoms with Gasteiger partial charge in [-0.3, -0.25) is 0 Å². The molecule has 1 saturated heterocycles. The Labute approximate surface area is 145 Å². The van der Waals surface area contributed by atoms with Crippen LogP contribution in [0.1, 0.15) is 24.0 Å². The van der Waals surface area contributed by atoms with Crippen molar-refractivity contribution in [3.63, 3.8) is 0 Å². The Kier molecular flexibility index (Phi) is 5.60. The van der Waals surface area contributed by atoms with Gasteiger partial charge in [0.1, 0.15) is 11.5 Å². The Morgan fingerprint density at radius 3 is 2.56 bits per heavy atom. The lowest BCUT2D eigenvalue weighted by atomic mass is 10.2. The summed E-state index contributed by atoms with van der Waals surface area (Å²) in [6.45, 7) is 2.78. The molecule has 0 radical (unpaired) electrons. The predicted octanol–water partition coefficient (Wildman–Crippen LogP) is 4.34. The smallest absolute Gasteiger partial charge is 0.416 e. The van der Waals surface area contributed by atoms with Gasteiger partial charge in [-0.25, -0.2) is 0 Å². The fourth-order valence-corrected chi connectivity index (χ4v) is 2.87. The Morgan fingerprint density at radius 1 is 1.08 bits per heavy atom. The highest BCUT2D eigenvalue weighted by Crippen LogP contribution is 2.32. The van der Waals surface area contributed by atoms with Gasteiger partial charge in [0, 0.05) is 19.1 Å². The lowest BCUT2D eigenvalue weighted by Crippen LogP contribution is -2.33. The largest absolute Gasteiger partial charge is 0.457 e. The summed E-state index contributed by atoms with van der Waals surface area (Å²) in [6, 6.07) is 12.8. The van der Waals surface area contributed by atoms with Crippen molar-refractivity contribution in [1.29, 1.82) is 0 Å². The summed E-state index contributed by atoms with van der Waals surface area (Å²) >= 11 is 0. The number of nitrogens with one attached hydrogen (secondary N) is 2. The van der Waals surface area contributed by atoms with Gasteiger partial charge >= 0.3 is 6.18 Å². The molecule has 3 rings (SSSR count). The fourth-order valence-electron chi connectivity index (χ4n) is 2.87. The van der Waals surface area contributed by atoms with Crippen LogP contribution < -0.4 is 15.4 Å². The van der Waals surface area contributed by atoms with Gasteiger partial charge < -0.3 is 15.4 Å². The van der Waals surface area contributed by atoms with Crippen LogP contribution in [0.5, 0.6) is 11.5 Å². The second kappa shape index (κ2) is 7.89. The van der Waals surface area contributed by atoms with E-state index in [1.165, 1.54) is 25.0 Å². The lowest BCUT2D eigenvalue weighted by molar-refractivity contribution is -0.137. The fraction of sp³-hybridized carbons (Fsp3) is 0.368. The zero-order valence-corrected chi connectivity index (χ0v) is 13.8. The molecule has 134 valence electrons. The van der Waals surface area contributed by atoms with Crippen molar-refractivity contribution in [2.45, 2.75) is 31.6 Å². The number of hydrogen-bond acceptors (Lipinski definition) is 3. The normalized spacial score (nSPS) is 17.6. The minimum Gasteiger partial charge on any atom is -0.457 e. The molecule has 2 aromatic rings. The minimum absolute atomic E-state index is 0.174. The summed E-state index contributed by atoms with van der Waals surface area (Å²) in [7, 11) is 0. The number of benzene rings is 2. The van der Waals surface area contributed by atoms with Gasteiger partial charge in [0.05, 0.1) is 5.56 Å². The third-order valence-electron chi connectivity index (χ3n) is 4.20. The van der Waals surface area contributed by atoms with Crippen LogP contribution in [0.15, 0.2) is 48.5 Å². The first-order chi connectivity index (χ1) is 12.0. The highest BCUT2D eigenvalue weighted by Gasteiger charge is 2.30. The summed E-state index contributed by atoms with van der Waals surface area (Å²) < 4.78 is 43.7. The number of halogens is 3. The van der Waals surface area contributed by atoms with E-state index < -0.39 is 11.7 Å². The predicted molar refractivity (Wildman–Crippen MR) is 90.7 cm³/mol. The van der Waals surface area contributed by atoms with Crippen LogP contribution in [0.2, 0.25) is 0 Å². The van der Waals surface area contributed by atoms with E-state index in [2.05, 4.69) is 10.6 Å². The van der Waals surface area contributed by atoms with Crippen molar-refractivity contribution >= 4 is 0 Å². The molecule has 25 heavy (non-hydrogen) atoms. The minimum atomic E-state index is -4.37. The second-order valence-electron chi connectivity index (χ2n) is 6.20. The first-order valence-electron chi connectivity index (χ1n) is 8.39. The molecular weight excluding hydrogens is 329 g/mol. The number of alkyl halides is 3. The summed E-state index contributed by atoms with van der Waals surface area (Å²) in [6.07, 6.45) is -1.94. The zero-order valence-electron chi connectivity index (χ0n) is 13.8. The molecule has 1 fully saturated rings. The van der Waals surface area contributed by atoms with E-state index in [1.807, 2.05) is 12.1 Å². The molecule has 0 bridgehead atoms. The molecule has 1 atom stereocenters. The van der Waals surface area contributed by atoms with Crippen LogP contribution in [0.4, 0.5) is 13.2 Å². The number of hydrogen-bond donors (Lipinski definition) is 2. The van der Waals surface area contributed by atoms with E-state index in [4.69, 9.17) is 4.74 Å². The highest BCUT2D eigenvalue weighted by atomic mass is 19.4. The molecule has 1 heterocycles. The van der Waals surface area contributed by atoms with E-state index >= 15 is 0 Å². The monoisotopic (exact) mass is 350 g/mol. The molecule has 6 heteroatoms. The Morgan fingerprint density at radius 2 is 1.88 bits per heavy atom. The summed E-state index contributed by atoms with van der Waals surface area (Å²) in [5.74, 6) is 0.688. The van der Waals surface area contributed by atoms with Crippen LogP contribution in [0.25, 0.3) is 0 Å². The van der Waals surface area contributed by atoms with Gasteiger partial charge in [0.15, 0.2) is 0 Å². The average Bonchev–Trinajstić information content (AvgIpc) is 3.09. The van der Waals surface area contributed by atoms with Gasteiger partial charge in [0.25, 0.3) is 0 Å². The molecule has 0 amide bonds. The zero-order chi connectivity index (χ0) is 17.7. The molecule has 1 unspecified atom stereocenters. The molecule has 1 aliphatic heterocycles. The Bertz CT molecular complexity index is 680. The molecular formula is C19H21F3N2O. The average molecular weight is 350 g/mol. The van der Waals surface area contributed by atoms with Crippen molar-refractivity contribution in [3.05, 3.63) is 59.7 Å². The van der Waals surface area contributed by atoms with E-state index in [0.29, 0.717) is 11.8 Å². The first kappa shape index (κ1) is 17.8. The Hall–Kier alpha value is -2.05. The molecule has 3 nitrogen and oxygen atoms in total. The van der Waals surface area contributed by atoms with Crippen molar-refractivity contribution < 1.29 is 17.9 Å². The van der Waals surface area contributed by atoms with Gasteiger partial charge in [-0.15, -0.1) is 0 Å². The third-order valence-corrected chi connectivity index (χ3v) is 4.20. The highest BCUT2D eigenvalue weighted by molar-refractivity contribution is 5.36. The number of rotatable bonds is 6. The van der Waals surface area contributed by atoms with Gasteiger partial charge in [-0.1, -0.05) is 18.2 Å². The standard InChI is InChI=1S/C19H21F3N2O/c20-19(21,22)15-3-1-5-18(11-15)25-17-8-6-14(7-9-17)12-23-13-16-4-2-10-24-16/h1,3,5-9,11,16,23-24H,2,4,10,12-13H2. The second-order valence-corrected chi connectivity index (χ2v) is 6.20. The van der Waals surface area contributed by atoms with Crippen molar-refractivity contribution in [1.82, 2.24) is 10.6 Å². The maximum atomic E-state index is 12.7. The topological polar surface area (TPSA) is 33.3 Å². The van der Waals surface area contributed by atoms with Crippen LogP contribution in [0.3, 0.4) is 0 Å². The molecule has 0 aliphatic carbocycles. The van der Waals surface area contributed by atoms with Crippen molar-refractivity contribution in [3.8, 4) is 11.5 Å². The molecule has 0 aromatic heterocycles. The summed E-state index contributed by atoms with van der Waals surface area (Å²) in [4.78, 5) is 0. The van der Waals surface area contributed by atoms with E-state index in [1.54, 1.807) is 12.1 Å². The molecule has 1 aliphatic rings. The van der Waals surface area contributed by atoms with Crippen LogP contribution in [-0.4, -0.2) is 19.1 Å².